The minimum atomic E-state index is -0.431. The zero-order valence-corrected chi connectivity index (χ0v) is 12.2. The molecule has 23 heavy (non-hydrogen) atoms. The molecule has 0 saturated heterocycles. The molecule has 1 aromatic carbocycles. The molecule has 0 saturated carbocycles. The van der Waals surface area contributed by atoms with Gasteiger partial charge in [-0.2, -0.15) is 0 Å². The Bertz CT molecular complexity index is 739. The Morgan fingerprint density at radius 2 is 1.22 bits per heavy atom. The first-order valence-corrected chi connectivity index (χ1v) is 7.04. The van der Waals surface area contributed by atoms with Crippen LogP contribution in [0.3, 0.4) is 0 Å². The van der Waals surface area contributed by atoms with Crippen LogP contribution in [-0.4, -0.2) is 26.1 Å². The first-order chi connectivity index (χ1) is 11.4. The second kappa shape index (κ2) is 7.52. The molecule has 2 heterocycles. The molecule has 3 aromatic rings. The van der Waals surface area contributed by atoms with E-state index in [0.29, 0.717) is 11.9 Å². The zero-order valence-electron chi connectivity index (χ0n) is 12.2. The van der Waals surface area contributed by atoms with Crippen molar-refractivity contribution in [2.24, 2.45) is 0 Å². The van der Waals surface area contributed by atoms with Crippen molar-refractivity contribution in [1.82, 2.24) is 19.9 Å². The van der Waals surface area contributed by atoms with Crippen molar-refractivity contribution >= 4 is 11.9 Å². The van der Waals surface area contributed by atoms with Gasteiger partial charge in [-0.3, -0.25) is 0 Å². The van der Waals surface area contributed by atoms with Crippen LogP contribution in [0.4, 0.5) is 11.9 Å². The van der Waals surface area contributed by atoms with E-state index in [1.54, 1.807) is 36.9 Å². The van der Waals surface area contributed by atoms with Crippen LogP contribution in [0.1, 0.15) is 5.56 Å². The second-order valence-corrected chi connectivity index (χ2v) is 4.50. The van der Waals surface area contributed by atoms with Gasteiger partial charge >= 0.3 is 0 Å². The molecule has 0 amide bonds. The fraction of sp³-hybridized carbons (Fsp3) is 0.0588. The van der Waals surface area contributed by atoms with Gasteiger partial charge in [0.05, 0.1) is 0 Å². The Morgan fingerprint density at radius 3 is 1.74 bits per heavy atom. The molecule has 0 aliphatic rings. The fourth-order valence-corrected chi connectivity index (χ4v) is 1.79. The monoisotopic (exact) mass is 302 g/mol. The summed E-state index contributed by atoms with van der Waals surface area (Å²) in [6, 6.07) is 13.2. The maximum Gasteiger partial charge on any atom is 0.224 e. The van der Waals surface area contributed by atoms with E-state index in [0.717, 1.165) is 5.56 Å². The van der Waals surface area contributed by atoms with Gasteiger partial charge in [-0.1, -0.05) is 30.0 Å². The van der Waals surface area contributed by atoms with E-state index in [2.05, 4.69) is 42.4 Å². The molecule has 3 rings (SSSR count). The van der Waals surface area contributed by atoms with Crippen LogP contribution >= 0.6 is 0 Å². The van der Waals surface area contributed by atoms with Crippen molar-refractivity contribution in [1.29, 1.82) is 0 Å². The van der Waals surface area contributed by atoms with Crippen LogP contribution in [0.5, 0.6) is 0 Å². The van der Waals surface area contributed by atoms with Crippen molar-refractivity contribution in [3.05, 3.63) is 72.8 Å². The number of aromatic nitrogens is 4. The molecule has 0 aliphatic heterocycles. The van der Waals surface area contributed by atoms with Gasteiger partial charge in [0.1, 0.15) is 0 Å². The largest absolute Gasteiger partial charge is 0.324 e. The highest BCUT2D eigenvalue weighted by Crippen LogP contribution is 2.03. The Kier molecular flexibility index (Phi) is 4.73. The number of hydrogen-bond donors (Lipinski definition) is 2. The summed E-state index contributed by atoms with van der Waals surface area (Å²) < 4.78 is 0. The quantitative estimate of drug-likeness (QED) is 0.568. The molecule has 0 bridgehead atoms. The molecule has 6 nitrogen and oxygen atoms in total. The lowest BCUT2D eigenvalue weighted by Gasteiger charge is -2.14. The summed E-state index contributed by atoms with van der Waals surface area (Å²) >= 11 is 0. The summed E-state index contributed by atoms with van der Waals surface area (Å²) in [5.74, 6) is 7.15. The normalized spacial score (nSPS) is 9.78. The Hall–Kier alpha value is -3.46. The highest BCUT2D eigenvalue weighted by atomic mass is 15.2. The van der Waals surface area contributed by atoms with E-state index in [9.17, 15) is 0 Å². The lowest BCUT2D eigenvalue weighted by atomic mass is 10.2. The van der Waals surface area contributed by atoms with Crippen LogP contribution in [0.25, 0.3) is 0 Å². The smallest absolute Gasteiger partial charge is 0.224 e. The lowest BCUT2D eigenvalue weighted by Crippen LogP contribution is -2.29. The summed E-state index contributed by atoms with van der Waals surface area (Å²) in [5.41, 5.74) is 0.920. The van der Waals surface area contributed by atoms with Gasteiger partial charge < -0.3 is 10.6 Å². The van der Waals surface area contributed by atoms with E-state index in [1.165, 1.54) is 0 Å². The predicted octanol–water partition coefficient (Wildman–Crippen LogP) is 2.17. The molecule has 0 atom stereocenters. The number of anilines is 2. The molecule has 0 fully saturated rings. The average Bonchev–Trinajstić information content (AvgIpc) is 2.62. The molecule has 0 aliphatic carbocycles. The summed E-state index contributed by atoms with van der Waals surface area (Å²) in [5, 5.41) is 6.22. The summed E-state index contributed by atoms with van der Waals surface area (Å²) in [7, 11) is 0. The summed E-state index contributed by atoms with van der Waals surface area (Å²) in [6.45, 7) is 0. The second-order valence-electron chi connectivity index (χ2n) is 4.50. The van der Waals surface area contributed by atoms with Crippen molar-refractivity contribution < 1.29 is 0 Å². The van der Waals surface area contributed by atoms with Gasteiger partial charge in [0.2, 0.25) is 11.9 Å². The Labute approximate surface area is 134 Å². The minimum Gasteiger partial charge on any atom is -0.324 e. The van der Waals surface area contributed by atoms with E-state index in [1.807, 2.05) is 30.3 Å². The third kappa shape index (κ3) is 4.51. The van der Waals surface area contributed by atoms with Crippen molar-refractivity contribution in [2.45, 2.75) is 6.17 Å². The summed E-state index contributed by atoms with van der Waals surface area (Å²) in [6.07, 6.45) is 6.22. The molecule has 0 radical (unpaired) electrons. The zero-order chi connectivity index (χ0) is 15.7. The van der Waals surface area contributed by atoms with Crippen LogP contribution in [-0.2, 0) is 0 Å². The first-order valence-electron chi connectivity index (χ1n) is 7.04. The van der Waals surface area contributed by atoms with Gasteiger partial charge in [-0.05, 0) is 24.3 Å². The molecule has 2 aromatic heterocycles. The number of hydrogen-bond acceptors (Lipinski definition) is 6. The molecular weight excluding hydrogens is 288 g/mol. The number of benzene rings is 1. The highest BCUT2D eigenvalue weighted by Gasteiger charge is 2.07. The van der Waals surface area contributed by atoms with Crippen LogP contribution < -0.4 is 10.6 Å². The number of nitrogens with one attached hydrogen (secondary N) is 2. The predicted molar refractivity (Wildman–Crippen MR) is 88.4 cm³/mol. The van der Waals surface area contributed by atoms with Crippen molar-refractivity contribution in [3.63, 3.8) is 0 Å². The maximum atomic E-state index is 4.14. The SMILES string of the molecule is C(#CC(Nc1ncccn1)Nc1ncccn1)c1ccccc1. The standard InChI is InChI=1S/C17H14N6/c1-2-6-14(7-3-1)8-9-15(22-16-18-10-4-11-19-16)23-17-20-12-5-13-21-17/h1-7,10-13,15H,(H,18,19,22)(H,20,21,23). The van der Waals surface area contributed by atoms with Gasteiger partial charge in [0, 0.05) is 30.4 Å². The molecule has 2 N–H and O–H groups in total. The van der Waals surface area contributed by atoms with Gasteiger partial charge in [0.15, 0.2) is 6.17 Å². The summed E-state index contributed by atoms with van der Waals surface area (Å²) in [4.78, 5) is 16.6. The Balaban J connectivity index is 1.80. The van der Waals surface area contributed by atoms with Crippen molar-refractivity contribution in [2.75, 3.05) is 10.6 Å². The molecule has 112 valence electrons. The number of rotatable bonds is 4. The minimum absolute atomic E-state index is 0.431. The van der Waals surface area contributed by atoms with Gasteiger partial charge in [-0.25, -0.2) is 19.9 Å². The Morgan fingerprint density at radius 1 is 0.696 bits per heavy atom. The van der Waals surface area contributed by atoms with Crippen LogP contribution in [0.15, 0.2) is 67.3 Å². The van der Waals surface area contributed by atoms with E-state index >= 15 is 0 Å². The third-order valence-corrected chi connectivity index (χ3v) is 2.81. The molecule has 6 heteroatoms. The molecule has 0 spiro atoms. The van der Waals surface area contributed by atoms with E-state index in [-0.39, 0.29) is 0 Å². The fourth-order valence-electron chi connectivity index (χ4n) is 1.79. The average molecular weight is 302 g/mol. The lowest BCUT2D eigenvalue weighted by molar-refractivity contribution is 0.960. The van der Waals surface area contributed by atoms with Crippen molar-refractivity contribution in [3.8, 4) is 11.8 Å². The van der Waals surface area contributed by atoms with Gasteiger partial charge in [0.25, 0.3) is 0 Å². The van der Waals surface area contributed by atoms with Crippen LogP contribution in [0, 0.1) is 11.8 Å². The van der Waals surface area contributed by atoms with E-state index in [4.69, 9.17) is 0 Å². The molecular formula is C17H14N6. The van der Waals surface area contributed by atoms with Crippen LogP contribution in [0.2, 0.25) is 0 Å². The topological polar surface area (TPSA) is 75.6 Å². The first kappa shape index (κ1) is 14.5. The van der Waals surface area contributed by atoms with Gasteiger partial charge in [-0.15, -0.1) is 0 Å². The molecule has 0 unspecified atom stereocenters. The number of nitrogens with zero attached hydrogens (tertiary/aromatic N) is 4. The third-order valence-electron chi connectivity index (χ3n) is 2.81. The maximum absolute atomic E-state index is 4.14. The highest BCUT2D eigenvalue weighted by molar-refractivity contribution is 5.42. The van der Waals surface area contributed by atoms with E-state index < -0.39 is 6.17 Å².